The summed E-state index contributed by atoms with van der Waals surface area (Å²) in [6, 6.07) is 0. The maximum absolute atomic E-state index is 14.6. The van der Waals surface area contributed by atoms with Gasteiger partial charge in [0.25, 0.3) is 11.7 Å². The number of fused-ring (bicyclic) bond motifs is 14. The van der Waals surface area contributed by atoms with E-state index in [4.69, 9.17) is 18.9 Å². The first-order valence-corrected chi connectivity index (χ1v) is 19.7. The van der Waals surface area contributed by atoms with Crippen LogP contribution in [0.25, 0.3) is 0 Å². The second-order valence-corrected chi connectivity index (χ2v) is 16.1. The van der Waals surface area contributed by atoms with Crippen LogP contribution in [0, 0.1) is 30.6 Å². The summed E-state index contributed by atoms with van der Waals surface area (Å²) in [6.07, 6.45) is 4.56. The highest BCUT2D eigenvalue weighted by molar-refractivity contribution is 6.37. The van der Waals surface area contributed by atoms with E-state index in [0.29, 0.717) is 26.2 Å². The lowest BCUT2D eigenvalue weighted by Crippen LogP contribution is -2.46. The number of piperazine rings is 1. The number of ketones is 3. The average molecular weight is 821 g/mol. The van der Waals surface area contributed by atoms with Gasteiger partial charge in [-0.05, 0) is 27.0 Å². The number of aromatic hydroxyl groups is 1. The van der Waals surface area contributed by atoms with E-state index in [0.717, 1.165) is 0 Å². The Morgan fingerprint density at radius 2 is 1.61 bits per heavy atom. The molecule has 1 amide bonds. The van der Waals surface area contributed by atoms with Gasteiger partial charge in [0.15, 0.2) is 5.78 Å². The number of carbonyl (C=O) groups excluding carboxylic acids is 5. The first-order chi connectivity index (χ1) is 27.7. The Hall–Kier alpha value is -5.16. The van der Waals surface area contributed by atoms with Crippen molar-refractivity contribution in [2.45, 2.75) is 85.6 Å². The summed E-state index contributed by atoms with van der Waals surface area (Å²) in [6.45, 7) is 14.8. The van der Waals surface area contributed by atoms with Gasteiger partial charge in [0.05, 0.1) is 53.1 Å². The standard InChI is InChI=1S/C43H56N4O12/c1-21-12-11-13-22(2)42(55)45-33-28(20-44-47-17-15-46(9)16-18-47)37(52)30-31(38(33)53)36(51)26(6)40-32(30)41(54)43(8,59-40)57-19-14-29(56-10)23(3)39(58-27(7)48)25(5)35(50)24(4)34(21)49/h11-14,19-21,23-25,29,34-35,39,49-51H,15-18H2,1-10H3,(H,45,55)/b12-11?,19-14-,22-13-,44-20?/t21-,23+,24+,25+,29-,34-,35+,39+,43-/m0/s1. The summed E-state index contributed by atoms with van der Waals surface area (Å²) in [7, 11) is 3.39. The third-order valence-electron chi connectivity index (χ3n) is 11.8. The van der Waals surface area contributed by atoms with E-state index >= 15 is 0 Å². The lowest BCUT2D eigenvalue weighted by Gasteiger charge is -2.38. The third kappa shape index (κ3) is 8.91. The SMILES string of the molecule is CO[C@H]1/C=C\O[C@@]2(C)Oc3c(C)c(O)c4c(c3C2=O)C(=O)C(C=NN2CCN(C)CC2)=C(NC(=O)/C(C)=C\C=C[C@H](C)[C@H](O)[C@@H](C)[C@@H](O)[C@@H](C)[C@H](OC(C)=O)[C@@H]1C)C4=O. The van der Waals surface area contributed by atoms with E-state index < -0.39 is 106 Å². The minimum absolute atomic E-state index is 0.0118. The number of benzene rings is 1. The molecule has 1 fully saturated rings. The van der Waals surface area contributed by atoms with Crippen molar-refractivity contribution in [3.05, 3.63) is 69.7 Å². The predicted molar refractivity (Wildman–Crippen MR) is 216 cm³/mol. The van der Waals surface area contributed by atoms with Gasteiger partial charge in [0.1, 0.15) is 23.3 Å². The molecule has 0 unspecified atom stereocenters. The number of nitrogens with one attached hydrogen (secondary N) is 1. The Balaban J connectivity index is 1.66. The van der Waals surface area contributed by atoms with Gasteiger partial charge in [-0.25, -0.2) is 0 Å². The van der Waals surface area contributed by atoms with Crippen LogP contribution in [0.1, 0.15) is 85.1 Å². The summed E-state index contributed by atoms with van der Waals surface area (Å²) in [5, 5.41) is 43.1. The number of hydrazone groups is 1. The summed E-state index contributed by atoms with van der Waals surface area (Å²) >= 11 is 0. The van der Waals surface area contributed by atoms with Gasteiger partial charge in [-0.15, -0.1) is 0 Å². The molecule has 1 aromatic carbocycles. The number of rotatable bonds is 4. The number of carbonyl (C=O) groups is 5. The molecular formula is C43H56N4O12. The van der Waals surface area contributed by atoms with Crippen LogP contribution in [0.15, 0.2) is 52.5 Å². The van der Waals surface area contributed by atoms with Crippen LogP contribution in [0.3, 0.4) is 0 Å². The van der Waals surface area contributed by atoms with Crippen LogP contribution in [0.4, 0.5) is 0 Å². The van der Waals surface area contributed by atoms with Crippen LogP contribution in [0.2, 0.25) is 0 Å². The van der Waals surface area contributed by atoms with Crippen molar-refractivity contribution >= 4 is 35.4 Å². The number of nitrogens with zero attached hydrogens (tertiary/aromatic N) is 3. The first-order valence-electron chi connectivity index (χ1n) is 19.7. The summed E-state index contributed by atoms with van der Waals surface area (Å²) in [4.78, 5) is 71.6. The molecule has 320 valence electrons. The highest BCUT2D eigenvalue weighted by Crippen LogP contribution is 2.48. The zero-order chi connectivity index (χ0) is 43.7. The molecule has 4 N–H and O–H groups in total. The number of hydrogen-bond acceptors (Lipinski definition) is 15. The molecule has 16 heteroatoms. The number of phenols is 1. The molecule has 6 rings (SSSR count). The topological polar surface area (TPSA) is 214 Å². The minimum Gasteiger partial charge on any atom is -0.507 e. The molecule has 1 saturated heterocycles. The number of allylic oxidation sites excluding steroid dienone is 4. The van der Waals surface area contributed by atoms with Crippen LogP contribution >= 0.6 is 0 Å². The fraction of sp³-hybridized carbons (Fsp3) is 0.535. The largest absolute Gasteiger partial charge is 0.507 e. The molecule has 0 spiro atoms. The quantitative estimate of drug-likeness (QED) is 0.254. The van der Waals surface area contributed by atoms with E-state index in [1.54, 1.807) is 44.9 Å². The molecule has 0 aromatic heterocycles. The van der Waals surface area contributed by atoms with Crippen molar-refractivity contribution in [2.75, 3.05) is 40.3 Å². The number of hydrogen-bond donors (Lipinski definition) is 4. The second kappa shape index (κ2) is 18.0. The Kier molecular flexibility index (Phi) is 13.7. The Morgan fingerprint density at radius 3 is 2.24 bits per heavy atom. The van der Waals surface area contributed by atoms with Gasteiger partial charge in [-0.2, -0.15) is 5.10 Å². The molecule has 0 radical (unpaired) electrons. The highest BCUT2D eigenvalue weighted by atomic mass is 16.7. The smallest absolute Gasteiger partial charge is 0.312 e. The van der Waals surface area contributed by atoms with E-state index in [2.05, 4.69) is 15.3 Å². The number of ether oxygens (including phenoxy) is 4. The van der Waals surface area contributed by atoms with Gasteiger partial charge in [0, 0.05) is 81.9 Å². The normalized spacial score (nSPS) is 32.7. The number of methoxy groups -OCH3 is 1. The van der Waals surface area contributed by atoms with Crippen molar-refractivity contribution in [1.82, 2.24) is 15.2 Å². The molecular weight excluding hydrogens is 764 g/mol. The Labute approximate surface area is 344 Å². The second-order valence-electron chi connectivity index (χ2n) is 16.1. The summed E-state index contributed by atoms with van der Waals surface area (Å²) in [5.74, 6) is -9.34. The molecule has 0 saturated carbocycles. The average Bonchev–Trinajstić information content (AvgIpc) is 3.46. The van der Waals surface area contributed by atoms with Gasteiger partial charge < -0.3 is 44.5 Å². The zero-order valence-electron chi connectivity index (χ0n) is 35.3. The fourth-order valence-electron chi connectivity index (χ4n) is 7.89. The van der Waals surface area contributed by atoms with Gasteiger partial charge >= 0.3 is 11.8 Å². The molecule has 9 atom stereocenters. The molecule has 1 aromatic rings. The minimum atomic E-state index is -2.09. The summed E-state index contributed by atoms with van der Waals surface area (Å²) in [5.41, 5.74) is -1.82. The number of amides is 1. The molecule has 4 aliphatic heterocycles. The molecule has 5 bridgehead atoms. The molecule has 1 aliphatic carbocycles. The maximum Gasteiger partial charge on any atom is 0.312 e. The van der Waals surface area contributed by atoms with Crippen molar-refractivity contribution in [1.29, 1.82) is 0 Å². The van der Waals surface area contributed by atoms with E-state index in [-0.39, 0.29) is 28.0 Å². The lowest BCUT2D eigenvalue weighted by molar-refractivity contribution is -0.160. The van der Waals surface area contributed by atoms with E-state index in [1.807, 2.05) is 7.05 Å². The number of phenolic OH excluding ortho intramolecular Hbond substituents is 1. The fourth-order valence-corrected chi connectivity index (χ4v) is 7.89. The monoisotopic (exact) mass is 820 g/mol. The number of likely N-dealkylation sites (N-methyl/N-ethyl adjacent to an activating group) is 1. The number of aliphatic hydroxyl groups is 2. The number of esters is 1. The van der Waals surface area contributed by atoms with Crippen molar-refractivity contribution in [3.8, 4) is 11.5 Å². The van der Waals surface area contributed by atoms with Gasteiger partial charge in [0.2, 0.25) is 5.78 Å². The van der Waals surface area contributed by atoms with Crippen LogP contribution in [-0.2, 0) is 23.8 Å². The lowest BCUT2D eigenvalue weighted by atomic mass is 9.78. The third-order valence-corrected chi connectivity index (χ3v) is 11.8. The van der Waals surface area contributed by atoms with E-state index in [1.165, 1.54) is 59.4 Å². The van der Waals surface area contributed by atoms with Gasteiger partial charge in [-0.3, -0.25) is 29.0 Å². The molecule has 16 nitrogen and oxygen atoms in total. The zero-order valence-corrected chi connectivity index (χ0v) is 35.3. The van der Waals surface area contributed by atoms with Crippen LogP contribution < -0.4 is 10.1 Å². The van der Waals surface area contributed by atoms with Gasteiger partial charge in [-0.1, -0.05) is 45.9 Å². The molecule has 5 aliphatic rings. The van der Waals surface area contributed by atoms with E-state index in [9.17, 15) is 39.3 Å². The molecule has 59 heavy (non-hydrogen) atoms. The van der Waals surface area contributed by atoms with Crippen LogP contribution in [-0.4, -0.2) is 131 Å². The predicted octanol–water partition coefficient (Wildman–Crippen LogP) is 3.23. The van der Waals surface area contributed by atoms with Crippen molar-refractivity contribution < 1.29 is 58.2 Å². The number of aliphatic hydroxyl groups excluding tert-OH is 2. The maximum atomic E-state index is 14.6. The highest BCUT2D eigenvalue weighted by Gasteiger charge is 2.52. The van der Waals surface area contributed by atoms with Crippen molar-refractivity contribution in [3.63, 3.8) is 0 Å². The molecule has 4 heterocycles. The Morgan fingerprint density at radius 1 is 0.949 bits per heavy atom. The first kappa shape index (κ1) is 44.9. The van der Waals surface area contributed by atoms with Crippen molar-refractivity contribution in [2.24, 2.45) is 28.8 Å². The number of Topliss-reactive ketones (excluding diaryl/α,β-unsaturated/α-hetero) is 3. The van der Waals surface area contributed by atoms with Crippen LogP contribution in [0.5, 0.6) is 11.5 Å². The Bertz CT molecular complexity index is 2030. The summed E-state index contributed by atoms with van der Waals surface area (Å²) < 4.78 is 23.5.